The Kier molecular flexibility index (Phi) is 5.22. The monoisotopic (exact) mass is 188 g/mol. The quantitative estimate of drug-likeness (QED) is 0.681. The molecule has 0 radical (unpaired) electrons. The fraction of sp³-hybridized carbons (Fsp3) is 0.889. The minimum absolute atomic E-state index is 0.479. The molecule has 0 spiro atoms. The number of hydrogen-bond acceptors (Lipinski definition) is 1. The molecule has 0 aliphatic carbocycles. The van der Waals surface area contributed by atoms with Crippen LogP contribution in [0.4, 0.5) is 0 Å². The lowest BCUT2D eigenvalue weighted by Crippen LogP contribution is -2.44. The average molecular weight is 188 g/mol. The third-order valence-electron chi connectivity index (χ3n) is 1.66. The van der Waals surface area contributed by atoms with Gasteiger partial charge in [-0.3, -0.25) is 0 Å². The van der Waals surface area contributed by atoms with E-state index >= 15 is 0 Å². The van der Waals surface area contributed by atoms with Crippen molar-refractivity contribution in [2.45, 2.75) is 33.7 Å². The molecule has 0 aliphatic rings. The largest absolute Gasteiger partial charge is 0.366 e. The van der Waals surface area contributed by atoms with Crippen molar-refractivity contribution < 1.29 is 0 Å². The van der Waals surface area contributed by atoms with Gasteiger partial charge in [0.2, 0.25) is 0 Å². The maximum absolute atomic E-state index is 5.19. The molecule has 0 unspecified atom stereocenters. The van der Waals surface area contributed by atoms with Gasteiger partial charge in [-0.2, -0.15) is 0 Å². The van der Waals surface area contributed by atoms with Crippen LogP contribution in [-0.4, -0.2) is 29.6 Å². The van der Waals surface area contributed by atoms with Gasteiger partial charge in [0.25, 0.3) is 0 Å². The molecule has 1 N–H and O–H groups in total. The first kappa shape index (κ1) is 11.7. The Balaban J connectivity index is 4.13. The predicted octanol–water partition coefficient (Wildman–Crippen LogP) is 1.86. The molecule has 0 saturated heterocycles. The Labute approximate surface area is 81.3 Å². The van der Waals surface area contributed by atoms with Crippen LogP contribution in [0.15, 0.2) is 0 Å². The van der Waals surface area contributed by atoms with E-state index in [1.807, 2.05) is 7.05 Å². The Bertz CT molecular complexity index is 143. The highest BCUT2D eigenvalue weighted by molar-refractivity contribution is 7.80. The van der Waals surface area contributed by atoms with E-state index in [1.54, 1.807) is 0 Å². The molecule has 0 heterocycles. The number of thiocarbonyl (C=S) groups is 1. The zero-order valence-corrected chi connectivity index (χ0v) is 9.53. The smallest absolute Gasteiger partial charge is 0.168 e. The van der Waals surface area contributed by atoms with E-state index < -0.39 is 0 Å². The molecule has 0 aromatic heterocycles. The van der Waals surface area contributed by atoms with Gasteiger partial charge in [-0.1, -0.05) is 13.8 Å². The molecule has 0 aliphatic heterocycles. The van der Waals surface area contributed by atoms with Crippen LogP contribution in [0.1, 0.15) is 27.7 Å². The zero-order chi connectivity index (χ0) is 9.72. The van der Waals surface area contributed by atoms with E-state index in [4.69, 9.17) is 12.2 Å². The van der Waals surface area contributed by atoms with Gasteiger partial charge in [0.15, 0.2) is 5.11 Å². The Morgan fingerprint density at radius 3 is 2.08 bits per heavy atom. The van der Waals surface area contributed by atoms with Gasteiger partial charge >= 0.3 is 0 Å². The van der Waals surface area contributed by atoms with Crippen molar-refractivity contribution in [3.05, 3.63) is 0 Å². The third-order valence-corrected chi connectivity index (χ3v) is 2.10. The van der Waals surface area contributed by atoms with Crippen LogP contribution >= 0.6 is 12.2 Å². The van der Waals surface area contributed by atoms with Crippen LogP contribution in [0.25, 0.3) is 0 Å². The van der Waals surface area contributed by atoms with Gasteiger partial charge in [0, 0.05) is 19.6 Å². The molecule has 0 rings (SSSR count). The molecule has 0 aromatic carbocycles. The standard InChI is InChI=1S/C9H20N2S/c1-7(2)6-11(8(3)4)9(12)10-5/h7-8H,6H2,1-5H3,(H,10,12). The molecular formula is C9H20N2S. The normalized spacial score (nSPS) is 10.6. The van der Waals surface area contributed by atoms with Crippen LogP contribution in [0.3, 0.4) is 0 Å². The van der Waals surface area contributed by atoms with Crippen LogP contribution in [0, 0.1) is 5.92 Å². The van der Waals surface area contributed by atoms with E-state index in [0.717, 1.165) is 11.7 Å². The average Bonchev–Trinajstić information content (AvgIpc) is 1.98. The molecule has 12 heavy (non-hydrogen) atoms. The maximum atomic E-state index is 5.19. The van der Waals surface area contributed by atoms with Crippen molar-refractivity contribution in [2.24, 2.45) is 5.92 Å². The first-order chi connectivity index (χ1) is 5.49. The van der Waals surface area contributed by atoms with Crippen molar-refractivity contribution in [3.63, 3.8) is 0 Å². The maximum Gasteiger partial charge on any atom is 0.168 e. The van der Waals surface area contributed by atoms with E-state index in [-0.39, 0.29) is 0 Å². The van der Waals surface area contributed by atoms with Gasteiger partial charge in [0.1, 0.15) is 0 Å². The molecule has 0 fully saturated rings. The van der Waals surface area contributed by atoms with Crippen molar-refractivity contribution in [3.8, 4) is 0 Å². The molecule has 0 saturated carbocycles. The van der Waals surface area contributed by atoms with Gasteiger partial charge in [-0.15, -0.1) is 0 Å². The predicted molar refractivity (Wildman–Crippen MR) is 58.3 cm³/mol. The van der Waals surface area contributed by atoms with E-state index in [2.05, 4.69) is 37.9 Å². The molecule has 0 aromatic rings. The third kappa shape index (κ3) is 3.90. The van der Waals surface area contributed by atoms with Crippen LogP contribution in [0.2, 0.25) is 0 Å². The van der Waals surface area contributed by atoms with E-state index in [9.17, 15) is 0 Å². The van der Waals surface area contributed by atoms with E-state index in [0.29, 0.717) is 12.0 Å². The lowest BCUT2D eigenvalue weighted by molar-refractivity contribution is 0.309. The fourth-order valence-electron chi connectivity index (χ4n) is 1.07. The highest BCUT2D eigenvalue weighted by atomic mass is 32.1. The number of rotatable bonds is 3. The summed E-state index contributed by atoms with van der Waals surface area (Å²) >= 11 is 5.19. The number of nitrogens with one attached hydrogen (secondary N) is 1. The van der Waals surface area contributed by atoms with Gasteiger partial charge in [-0.05, 0) is 32.0 Å². The molecule has 0 amide bonds. The summed E-state index contributed by atoms with van der Waals surface area (Å²) in [5, 5.41) is 3.86. The molecule has 72 valence electrons. The molecule has 0 bridgehead atoms. The van der Waals surface area contributed by atoms with Crippen molar-refractivity contribution in [2.75, 3.05) is 13.6 Å². The fourth-order valence-corrected chi connectivity index (χ4v) is 1.35. The number of hydrogen-bond donors (Lipinski definition) is 1. The first-order valence-electron chi connectivity index (χ1n) is 4.47. The summed E-state index contributed by atoms with van der Waals surface area (Å²) < 4.78 is 0. The van der Waals surface area contributed by atoms with Gasteiger partial charge in [0.05, 0.1) is 0 Å². The summed E-state index contributed by atoms with van der Waals surface area (Å²) in [6.07, 6.45) is 0. The highest BCUT2D eigenvalue weighted by Crippen LogP contribution is 2.04. The minimum atomic E-state index is 0.479. The zero-order valence-electron chi connectivity index (χ0n) is 8.72. The Morgan fingerprint density at radius 1 is 1.33 bits per heavy atom. The lowest BCUT2D eigenvalue weighted by Gasteiger charge is -2.30. The Morgan fingerprint density at radius 2 is 1.83 bits per heavy atom. The second-order valence-corrected chi connectivity index (χ2v) is 4.08. The van der Waals surface area contributed by atoms with Gasteiger partial charge in [-0.25, -0.2) is 0 Å². The second-order valence-electron chi connectivity index (χ2n) is 3.70. The van der Waals surface area contributed by atoms with Crippen molar-refractivity contribution in [1.82, 2.24) is 10.2 Å². The summed E-state index contributed by atoms with van der Waals surface area (Å²) in [4.78, 5) is 2.21. The molecular weight excluding hydrogens is 168 g/mol. The van der Waals surface area contributed by atoms with Crippen molar-refractivity contribution in [1.29, 1.82) is 0 Å². The topological polar surface area (TPSA) is 15.3 Å². The summed E-state index contributed by atoms with van der Waals surface area (Å²) in [5.41, 5.74) is 0. The Hall–Kier alpha value is -0.310. The first-order valence-corrected chi connectivity index (χ1v) is 4.88. The van der Waals surface area contributed by atoms with Crippen LogP contribution in [-0.2, 0) is 0 Å². The lowest BCUT2D eigenvalue weighted by atomic mass is 10.2. The minimum Gasteiger partial charge on any atom is -0.366 e. The summed E-state index contributed by atoms with van der Waals surface area (Å²) in [7, 11) is 1.87. The summed E-state index contributed by atoms with van der Waals surface area (Å²) in [5.74, 6) is 0.652. The highest BCUT2D eigenvalue weighted by Gasteiger charge is 2.12. The second kappa shape index (κ2) is 5.36. The SMILES string of the molecule is CNC(=S)N(CC(C)C)C(C)C. The van der Waals surface area contributed by atoms with E-state index in [1.165, 1.54) is 0 Å². The molecule has 2 nitrogen and oxygen atoms in total. The summed E-state index contributed by atoms with van der Waals surface area (Å²) in [6.45, 7) is 9.75. The summed E-state index contributed by atoms with van der Waals surface area (Å²) in [6, 6.07) is 0.479. The van der Waals surface area contributed by atoms with Crippen LogP contribution in [0.5, 0.6) is 0 Å². The van der Waals surface area contributed by atoms with Crippen molar-refractivity contribution >= 4 is 17.3 Å². The molecule has 0 atom stereocenters. The molecule has 3 heteroatoms. The van der Waals surface area contributed by atoms with Crippen LogP contribution < -0.4 is 5.32 Å². The number of nitrogens with zero attached hydrogens (tertiary/aromatic N) is 1. The van der Waals surface area contributed by atoms with Gasteiger partial charge < -0.3 is 10.2 Å².